The van der Waals surface area contributed by atoms with Crippen molar-refractivity contribution in [3.8, 4) is 0 Å². The third kappa shape index (κ3) is 4.43. The van der Waals surface area contributed by atoms with Gasteiger partial charge in [-0.2, -0.15) is 0 Å². The summed E-state index contributed by atoms with van der Waals surface area (Å²) in [7, 11) is 1.99. The summed E-state index contributed by atoms with van der Waals surface area (Å²) in [6, 6.07) is 8.80. The van der Waals surface area contributed by atoms with E-state index in [0.717, 1.165) is 32.1 Å². The van der Waals surface area contributed by atoms with Gasteiger partial charge in [0.15, 0.2) is 0 Å². The van der Waals surface area contributed by atoms with Gasteiger partial charge in [-0.1, -0.05) is 43.5 Å². The van der Waals surface area contributed by atoms with Gasteiger partial charge in [0.1, 0.15) is 0 Å². The van der Waals surface area contributed by atoms with Crippen molar-refractivity contribution < 1.29 is 4.74 Å². The predicted octanol–water partition coefficient (Wildman–Crippen LogP) is 3.16. The van der Waals surface area contributed by atoms with Crippen LogP contribution in [0.15, 0.2) is 24.3 Å². The van der Waals surface area contributed by atoms with Gasteiger partial charge in [-0.25, -0.2) is 0 Å². The summed E-state index contributed by atoms with van der Waals surface area (Å²) in [4.78, 5) is 0. The summed E-state index contributed by atoms with van der Waals surface area (Å²) >= 11 is 0. The molecule has 2 nitrogen and oxygen atoms in total. The first-order valence-corrected chi connectivity index (χ1v) is 7.18. The second-order valence-electron chi connectivity index (χ2n) is 5.31. The van der Waals surface area contributed by atoms with E-state index in [1.165, 1.54) is 36.8 Å². The van der Waals surface area contributed by atoms with Crippen LogP contribution >= 0.6 is 0 Å². The second kappa shape index (κ2) is 7.55. The first-order chi connectivity index (χ1) is 8.88. The van der Waals surface area contributed by atoms with Gasteiger partial charge in [-0.15, -0.1) is 0 Å². The van der Waals surface area contributed by atoms with Crippen LogP contribution in [-0.4, -0.2) is 20.2 Å². The number of hydrogen-bond donors (Lipinski definition) is 1. The van der Waals surface area contributed by atoms with E-state index in [2.05, 4.69) is 29.6 Å². The molecule has 1 aromatic rings. The van der Waals surface area contributed by atoms with Crippen LogP contribution in [0, 0.1) is 5.92 Å². The van der Waals surface area contributed by atoms with Gasteiger partial charge in [0, 0.05) is 6.61 Å². The molecule has 0 radical (unpaired) electrons. The van der Waals surface area contributed by atoms with Crippen LogP contribution in [0.2, 0.25) is 0 Å². The molecule has 0 bridgehead atoms. The fraction of sp³-hybridized carbons (Fsp3) is 0.625. The largest absolute Gasteiger partial charge is 0.377 e. The number of likely N-dealkylation sites (N-methyl/N-ethyl adjacent to an activating group) is 1. The van der Waals surface area contributed by atoms with Gasteiger partial charge in [0.25, 0.3) is 0 Å². The predicted molar refractivity (Wildman–Crippen MR) is 75.7 cm³/mol. The molecule has 0 aromatic heterocycles. The Morgan fingerprint density at radius 2 is 1.89 bits per heavy atom. The van der Waals surface area contributed by atoms with Gasteiger partial charge in [0.05, 0.1) is 6.61 Å². The van der Waals surface area contributed by atoms with Crippen molar-refractivity contribution in [1.29, 1.82) is 0 Å². The Hall–Kier alpha value is -0.860. The van der Waals surface area contributed by atoms with Crippen molar-refractivity contribution in [2.75, 3.05) is 20.2 Å². The maximum Gasteiger partial charge on any atom is 0.0716 e. The lowest BCUT2D eigenvalue weighted by molar-refractivity contribution is 0.0950. The van der Waals surface area contributed by atoms with E-state index in [9.17, 15) is 0 Å². The molecule has 0 heterocycles. The average Bonchev–Trinajstić information content (AvgIpc) is 2.35. The zero-order valence-corrected chi connectivity index (χ0v) is 11.5. The Bertz CT molecular complexity index is 329. The van der Waals surface area contributed by atoms with Gasteiger partial charge in [-0.3, -0.25) is 0 Å². The molecule has 0 amide bonds. The molecule has 1 aliphatic carbocycles. The summed E-state index contributed by atoms with van der Waals surface area (Å²) in [5.41, 5.74) is 2.68. The molecule has 1 N–H and O–H groups in total. The highest BCUT2D eigenvalue weighted by Crippen LogP contribution is 2.29. The highest BCUT2D eigenvalue weighted by atomic mass is 16.5. The first-order valence-electron chi connectivity index (χ1n) is 7.18. The Balaban J connectivity index is 1.62. The molecule has 0 atom stereocenters. The number of benzene rings is 1. The normalized spacial score (nSPS) is 15.6. The third-order valence-electron chi connectivity index (χ3n) is 3.85. The minimum atomic E-state index is 0.763. The highest BCUT2D eigenvalue weighted by Gasteiger charge is 2.16. The van der Waals surface area contributed by atoms with E-state index in [1.807, 2.05) is 7.05 Å². The number of nitrogens with one attached hydrogen (secondary N) is 1. The molecule has 0 aliphatic heterocycles. The molecular formula is C16H25NO. The fourth-order valence-electron chi connectivity index (χ4n) is 2.29. The van der Waals surface area contributed by atoms with Crippen molar-refractivity contribution in [1.82, 2.24) is 5.32 Å². The lowest BCUT2D eigenvalue weighted by Crippen LogP contribution is -2.13. The lowest BCUT2D eigenvalue weighted by atomic mass is 9.83. The van der Waals surface area contributed by atoms with Crippen LogP contribution in [0.5, 0.6) is 0 Å². The van der Waals surface area contributed by atoms with Crippen molar-refractivity contribution in [2.45, 2.75) is 38.7 Å². The van der Waals surface area contributed by atoms with Crippen molar-refractivity contribution in [3.63, 3.8) is 0 Å². The Morgan fingerprint density at radius 3 is 2.50 bits per heavy atom. The van der Waals surface area contributed by atoms with E-state index in [0.29, 0.717) is 0 Å². The first kappa shape index (κ1) is 13.6. The monoisotopic (exact) mass is 247 g/mol. The molecule has 2 rings (SSSR count). The smallest absolute Gasteiger partial charge is 0.0716 e. The van der Waals surface area contributed by atoms with Gasteiger partial charge in [-0.05, 0) is 43.5 Å². The molecule has 1 aliphatic rings. The van der Waals surface area contributed by atoms with E-state index in [4.69, 9.17) is 4.74 Å². The van der Waals surface area contributed by atoms with Crippen LogP contribution in [-0.2, 0) is 17.8 Å². The minimum absolute atomic E-state index is 0.763. The highest BCUT2D eigenvalue weighted by molar-refractivity contribution is 5.22. The molecule has 1 aromatic carbocycles. The van der Waals surface area contributed by atoms with Crippen molar-refractivity contribution >= 4 is 0 Å². The second-order valence-corrected chi connectivity index (χ2v) is 5.31. The minimum Gasteiger partial charge on any atom is -0.377 e. The maximum absolute atomic E-state index is 5.73. The van der Waals surface area contributed by atoms with E-state index >= 15 is 0 Å². The molecule has 100 valence electrons. The van der Waals surface area contributed by atoms with Gasteiger partial charge in [0.2, 0.25) is 0 Å². The Labute approximate surface area is 111 Å². The zero-order chi connectivity index (χ0) is 12.6. The maximum atomic E-state index is 5.73. The third-order valence-corrected chi connectivity index (χ3v) is 3.85. The SMILES string of the molecule is CNCCc1ccc(COCCC2CCC2)cc1. The Kier molecular flexibility index (Phi) is 5.69. The standard InChI is InChI=1S/C16H25NO/c1-17-11-9-15-5-7-16(8-6-15)13-18-12-10-14-3-2-4-14/h5-8,14,17H,2-4,9-13H2,1H3. The van der Waals surface area contributed by atoms with Crippen molar-refractivity contribution in [3.05, 3.63) is 35.4 Å². The van der Waals surface area contributed by atoms with Crippen LogP contribution in [0.3, 0.4) is 0 Å². The molecular weight excluding hydrogens is 222 g/mol. The summed E-state index contributed by atoms with van der Waals surface area (Å²) in [5, 5.41) is 3.17. The molecule has 18 heavy (non-hydrogen) atoms. The van der Waals surface area contributed by atoms with Crippen LogP contribution < -0.4 is 5.32 Å². The molecule has 0 spiro atoms. The lowest BCUT2D eigenvalue weighted by Gasteiger charge is -2.24. The van der Waals surface area contributed by atoms with E-state index in [1.54, 1.807) is 0 Å². The summed E-state index contributed by atoms with van der Waals surface area (Å²) in [6.07, 6.45) is 6.62. The zero-order valence-electron chi connectivity index (χ0n) is 11.5. The van der Waals surface area contributed by atoms with E-state index < -0.39 is 0 Å². The molecule has 2 heteroatoms. The van der Waals surface area contributed by atoms with E-state index in [-0.39, 0.29) is 0 Å². The summed E-state index contributed by atoms with van der Waals surface area (Å²) < 4.78 is 5.73. The molecule has 0 unspecified atom stereocenters. The van der Waals surface area contributed by atoms with Crippen molar-refractivity contribution in [2.24, 2.45) is 5.92 Å². The quantitative estimate of drug-likeness (QED) is 0.713. The number of rotatable bonds is 8. The summed E-state index contributed by atoms with van der Waals surface area (Å²) in [6.45, 7) is 2.72. The fourth-order valence-corrected chi connectivity index (χ4v) is 2.29. The van der Waals surface area contributed by atoms with Crippen LogP contribution in [0.25, 0.3) is 0 Å². The number of hydrogen-bond acceptors (Lipinski definition) is 2. The molecule has 1 fully saturated rings. The topological polar surface area (TPSA) is 21.3 Å². The summed E-state index contributed by atoms with van der Waals surface area (Å²) in [5.74, 6) is 0.953. The Morgan fingerprint density at radius 1 is 1.17 bits per heavy atom. The van der Waals surface area contributed by atoms with Crippen LogP contribution in [0.4, 0.5) is 0 Å². The molecule has 0 saturated heterocycles. The molecule has 1 saturated carbocycles. The van der Waals surface area contributed by atoms with Crippen LogP contribution in [0.1, 0.15) is 36.8 Å². The van der Waals surface area contributed by atoms with Gasteiger partial charge >= 0.3 is 0 Å². The average molecular weight is 247 g/mol. The van der Waals surface area contributed by atoms with Gasteiger partial charge < -0.3 is 10.1 Å². The number of ether oxygens (including phenoxy) is 1.